The van der Waals surface area contributed by atoms with E-state index < -0.39 is 12.1 Å². The van der Waals surface area contributed by atoms with Crippen LogP contribution in [0.5, 0.6) is 5.75 Å². The Balaban J connectivity index is 1.53. The number of hydrogen-bond donors (Lipinski definition) is 1. The molecule has 2 atom stereocenters. The molecule has 0 unspecified atom stereocenters. The van der Waals surface area contributed by atoms with E-state index in [0.29, 0.717) is 17.9 Å². The van der Waals surface area contributed by atoms with E-state index in [4.69, 9.17) is 9.47 Å². The first kappa shape index (κ1) is 28.9. The zero-order chi connectivity index (χ0) is 29.2. The van der Waals surface area contributed by atoms with Crippen molar-refractivity contribution in [1.82, 2.24) is 9.88 Å². The van der Waals surface area contributed by atoms with Crippen LogP contribution >= 0.6 is 0 Å². The predicted octanol–water partition coefficient (Wildman–Crippen LogP) is 7.04. The zero-order valence-electron chi connectivity index (χ0n) is 24.8. The van der Waals surface area contributed by atoms with Gasteiger partial charge in [-0.2, -0.15) is 0 Å². The van der Waals surface area contributed by atoms with E-state index in [1.165, 1.54) is 12.7 Å². The van der Waals surface area contributed by atoms with Gasteiger partial charge in [-0.3, -0.25) is 4.79 Å². The first-order valence-corrected chi connectivity index (χ1v) is 13.7. The van der Waals surface area contributed by atoms with Crippen LogP contribution in [-0.2, 0) is 21.5 Å². The number of aryl methyl sites for hydroxylation is 1. The Labute approximate surface area is 237 Å². The average molecular weight is 541 g/mol. The van der Waals surface area contributed by atoms with E-state index in [-0.39, 0.29) is 17.4 Å². The number of fused-ring (bicyclic) bond motifs is 1. The molecule has 0 aliphatic rings. The van der Waals surface area contributed by atoms with Crippen LogP contribution in [0.2, 0.25) is 0 Å². The number of benzene rings is 3. The van der Waals surface area contributed by atoms with Gasteiger partial charge < -0.3 is 19.4 Å². The van der Waals surface area contributed by atoms with Crippen LogP contribution in [0.15, 0.2) is 66.7 Å². The smallest absolute Gasteiger partial charge is 0.346 e. The van der Waals surface area contributed by atoms with Gasteiger partial charge in [-0.05, 0) is 85.7 Å². The molecule has 0 saturated carbocycles. The van der Waals surface area contributed by atoms with Crippen LogP contribution in [0, 0.1) is 13.8 Å². The van der Waals surface area contributed by atoms with Crippen molar-refractivity contribution in [1.29, 1.82) is 0 Å². The number of amides is 1. The highest BCUT2D eigenvalue weighted by Gasteiger charge is 2.19. The number of methoxy groups -OCH3 is 1. The number of nitrogens with zero attached hydrogens (tertiary/aromatic N) is 1. The van der Waals surface area contributed by atoms with Crippen molar-refractivity contribution in [3.63, 3.8) is 0 Å². The summed E-state index contributed by atoms with van der Waals surface area (Å²) in [6.07, 6.45) is -0.688. The minimum absolute atomic E-state index is 0.0898. The minimum atomic E-state index is -0.688. The molecular formula is C34H40N2O4. The summed E-state index contributed by atoms with van der Waals surface area (Å²) in [5, 5.41) is 4.21. The van der Waals surface area contributed by atoms with Gasteiger partial charge in [-0.25, -0.2) is 4.79 Å². The summed E-state index contributed by atoms with van der Waals surface area (Å²) in [7, 11) is 1.35. The van der Waals surface area contributed by atoms with Crippen LogP contribution in [0.1, 0.15) is 79.0 Å². The van der Waals surface area contributed by atoms with Gasteiger partial charge in [0.15, 0.2) is 6.10 Å². The van der Waals surface area contributed by atoms with Crippen molar-refractivity contribution < 1.29 is 19.1 Å². The standard InChI is InChI=1S/C34H40N2O4/c1-21-23(3)36(20-25-10-9-11-29(18-25)40-24(4)33(38)39-8)31-17-14-27(19-30(21)31)32(37)35-22(2)26-12-15-28(16-13-26)34(5,6)7/h9-19,22,24H,20H2,1-8H3,(H,35,37)/t22-,24+/m0/s1. The maximum Gasteiger partial charge on any atom is 0.346 e. The quantitative estimate of drug-likeness (QED) is 0.244. The second-order valence-electron chi connectivity index (χ2n) is 11.5. The molecule has 0 aliphatic heterocycles. The van der Waals surface area contributed by atoms with E-state index in [0.717, 1.165) is 33.3 Å². The van der Waals surface area contributed by atoms with E-state index >= 15 is 0 Å². The third-order valence-corrected chi connectivity index (χ3v) is 7.61. The molecule has 0 spiro atoms. The lowest BCUT2D eigenvalue weighted by molar-refractivity contribution is -0.147. The van der Waals surface area contributed by atoms with E-state index in [2.05, 4.69) is 68.8 Å². The van der Waals surface area contributed by atoms with E-state index in [1.807, 2.05) is 49.4 Å². The summed E-state index contributed by atoms with van der Waals surface area (Å²) < 4.78 is 12.8. The Kier molecular flexibility index (Phi) is 8.38. The third-order valence-electron chi connectivity index (χ3n) is 7.61. The molecule has 0 bridgehead atoms. The number of rotatable bonds is 8. The number of ether oxygens (including phenoxy) is 2. The summed E-state index contributed by atoms with van der Waals surface area (Å²) in [5.74, 6) is 0.104. The molecule has 6 heteroatoms. The largest absolute Gasteiger partial charge is 0.479 e. The van der Waals surface area contributed by atoms with Crippen LogP contribution < -0.4 is 10.1 Å². The molecule has 0 radical (unpaired) electrons. The highest BCUT2D eigenvalue weighted by molar-refractivity contribution is 5.99. The van der Waals surface area contributed by atoms with Crippen LogP contribution in [0.4, 0.5) is 0 Å². The number of carbonyl (C=O) groups is 2. The molecule has 1 aromatic heterocycles. The SMILES string of the molecule is COC(=O)[C@@H](C)Oc1cccc(Cn2c(C)c(C)c3cc(C(=O)N[C@@H](C)c4ccc(C(C)(C)C)cc4)ccc32)c1. The molecule has 1 amide bonds. The van der Waals surface area contributed by atoms with Gasteiger partial charge in [0, 0.05) is 28.7 Å². The molecule has 210 valence electrons. The average Bonchev–Trinajstić information content (AvgIpc) is 3.16. The minimum Gasteiger partial charge on any atom is -0.479 e. The summed E-state index contributed by atoms with van der Waals surface area (Å²) in [4.78, 5) is 25.0. The zero-order valence-corrected chi connectivity index (χ0v) is 24.8. The molecule has 1 heterocycles. The fourth-order valence-electron chi connectivity index (χ4n) is 4.95. The third kappa shape index (κ3) is 6.22. The normalized spacial score (nSPS) is 13.1. The lowest BCUT2D eigenvalue weighted by atomic mass is 9.86. The Morgan fingerprint density at radius 2 is 1.65 bits per heavy atom. The van der Waals surface area contributed by atoms with Crippen molar-refractivity contribution in [3.05, 3.63) is 100 Å². The fraction of sp³-hybridized carbons (Fsp3) is 0.353. The number of esters is 1. The Bertz CT molecular complexity index is 1530. The van der Waals surface area contributed by atoms with Crippen molar-refractivity contribution in [2.45, 2.75) is 72.6 Å². The van der Waals surface area contributed by atoms with Gasteiger partial charge in [0.1, 0.15) is 5.75 Å². The first-order chi connectivity index (χ1) is 18.9. The summed E-state index contributed by atoms with van der Waals surface area (Å²) in [5.41, 5.74) is 7.45. The van der Waals surface area contributed by atoms with Gasteiger partial charge in [-0.15, -0.1) is 0 Å². The Morgan fingerprint density at radius 3 is 2.30 bits per heavy atom. The summed E-state index contributed by atoms with van der Waals surface area (Å²) in [6.45, 7) is 15.1. The lowest BCUT2D eigenvalue weighted by Crippen LogP contribution is -2.26. The molecule has 3 aromatic carbocycles. The molecule has 40 heavy (non-hydrogen) atoms. The van der Waals surface area contributed by atoms with Gasteiger partial charge in [0.05, 0.1) is 13.2 Å². The van der Waals surface area contributed by atoms with Gasteiger partial charge in [0.2, 0.25) is 0 Å². The van der Waals surface area contributed by atoms with Crippen LogP contribution in [0.3, 0.4) is 0 Å². The van der Waals surface area contributed by atoms with Crippen molar-refractivity contribution >= 4 is 22.8 Å². The maximum absolute atomic E-state index is 13.2. The second kappa shape index (κ2) is 11.6. The number of nitrogens with one attached hydrogen (secondary N) is 1. The first-order valence-electron chi connectivity index (χ1n) is 13.7. The molecule has 0 saturated heterocycles. The highest BCUT2D eigenvalue weighted by atomic mass is 16.6. The summed E-state index contributed by atoms with van der Waals surface area (Å²) >= 11 is 0. The number of carbonyl (C=O) groups excluding carboxylic acids is 2. The highest BCUT2D eigenvalue weighted by Crippen LogP contribution is 2.29. The monoisotopic (exact) mass is 540 g/mol. The van der Waals surface area contributed by atoms with Crippen molar-refractivity contribution in [2.24, 2.45) is 0 Å². The molecule has 4 rings (SSSR count). The maximum atomic E-state index is 13.2. The topological polar surface area (TPSA) is 69.6 Å². The number of aromatic nitrogens is 1. The molecular weight excluding hydrogens is 500 g/mol. The van der Waals surface area contributed by atoms with Crippen molar-refractivity contribution in [2.75, 3.05) is 7.11 Å². The Hall–Kier alpha value is -4.06. The lowest BCUT2D eigenvalue weighted by Gasteiger charge is -2.21. The molecule has 1 N–H and O–H groups in total. The molecule has 6 nitrogen and oxygen atoms in total. The Morgan fingerprint density at radius 1 is 0.950 bits per heavy atom. The van der Waals surface area contributed by atoms with E-state index in [9.17, 15) is 9.59 Å². The predicted molar refractivity (Wildman–Crippen MR) is 160 cm³/mol. The van der Waals surface area contributed by atoms with Gasteiger partial charge in [-0.1, -0.05) is 57.2 Å². The molecule has 0 fully saturated rings. The van der Waals surface area contributed by atoms with Crippen molar-refractivity contribution in [3.8, 4) is 5.75 Å². The molecule has 0 aliphatic carbocycles. The number of hydrogen-bond acceptors (Lipinski definition) is 4. The van der Waals surface area contributed by atoms with Gasteiger partial charge in [0.25, 0.3) is 5.91 Å². The second-order valence-corrected chi connectivity index (χ2v) is 11.5. The molecule has 4 aromatic rings. The van der Waals surface area contributed by atoms with Gasteiger partial charge >= 0.3 is 5.97 Å². The van der Waals surface area contributed by atoms with Crippen LogP contribution in [-0.4, -0.2) is 29.7 Å². The van der Waals surface area contributed by atoms with E-state index in [1.54, 1.807) is 6.92 Å². The van der Waals surface area contributed by atoms with Crippen LogP contribution in [0.25, 0.3) is 10.9 Å². The fourth-order valence-corrected chi connectivity index (χ4v) is 4.95. The summed E-state index contributed by atoms with van der Waals surface area (Å²) in [6, 6.07) is 22.0.